The summed E-state index contributed by atoms with van der Waals surface area (Å²) in [5.74, 6) is 2.19. The molecule has 2 fully saturated rings. The van der Waals surface area contributed by atoms with Gasteiger partial charge in [0.2, 0.25) is 11.8 Å². The largest absolute Gasteiger partial charge is 0.341 e. The number of hydrogen-bond acceptors (Lipinski definition) is 6. The zero-order valence-corrected chi connectivity index (χ0v) is 16.9. The number of hydrogen-bond donors (Lipinski definition) is 0. The smallest absolute Gasteiger partial charge is 0.223 e. The fourth-order valence-corrected chi connectivity index (χ4v) is 4.86. The number of aromatic nitrogens is 4. The summed E-state index contributed by atoms with van der Waals surface area (Å²) >= 11 is 1.54. The Morgan fingerprint density at radius 3 is 2.82 bits per heavy atom. The molecule has 4 rings (SSSR count). The number of piperidine rings is 1. The first-order valence-corrected chi connectivity index (χ1v) is 10.5. The Morgan fingerprint density at radius 2 is 2.04 bits per heavy atom. The van der Waals surface area contributed by atoms with Crippen LogP contribution in [0.3, 0.4) is 0 Å². The number of rotatable bonds is 5. The minimum atomic E-state index is 0.148. The molecule has 0 saturated carbocycles. The van der Waals surface area contributed by atoms with E-state index in [9.17, 15) is 9.59 Å². The summed E-state index contributed by atoms with van der Waals surface area (Å²) in [6.07, 6.45) is 5.46. The first-order chi connectivity index (χ1) is 13.5. The van der Waals surface area contributed by atoms with Crippen LogP contribution in [0.1, 0.15) is 19.3 Å². The summed E-state index contributed by atoms with van der Waals surface area (Å²) in [5.41, 5.74) is 0.964. The highest BCUT2D eigenvalue weighted by atomic mass is 32.2. The lowest BCUT2D eigenvalue weighted by atomic mass is 9.92. The number of thioether (sulfide) groups is 1. The van der Waals surface area contributed by atoms with Crippen LogP contribution in [0.4, 0.5) is 0 Å². The number of likely N-dealkylation sites (tertiary alicyclic amines) is 2. The van der Waals surface area contributed by atoms with Gasteiger partial charge in [-0.1, -0.05) is 11.8 Å². The van der Waals surface area contributed by atoms with Crippen LogP contribution in [0.5, 0.6) is 0 Å². The molecule has 2 aromatic rings. The van der Waals surface area contributed by atoms with Crippen molar-refractivity contribution < 1.29 is 9.59 Å². The predicted molar refractivity (Wildman–Crippen MR) is 105 cm³/mol. The van der Waals surface area contributed by atoms with E-state index in [1.807, 2.05) is 40.6 Å². The minimum Gasteiger partial charge on any atom is -0.341 e. The summed E-state index contributed by atoms with van der Waals surface area (Å²) in [6, 6.07) is 3.98. The van der Waals surface area contributed by atoms with Gasteiger partial charge >= 0.3 is 0 Å². The van der Waals surface area contributed by atoms with E-state index < -0.39 is 0 Å². The van der Waals surface area contributed by atoms with Crippen LogP contribution in [-0.4, -0.2) is 73.3 Å². The van der Waals surface area contributed by atoms with Crippen LogP contribution in [0.25, 0.3) is 11.4 Å². The van der Waals surface area contributed by atoms with Crippen LogP contribution >= 0.6 is 11.8 Å². The molecule has 8 nitrogen and oxygen atoms in total. The van der Waals surface area contributed by atoms with Gasteiger partial charge in [-0.3, -0.25) is 14.6 Å². The highest BCUT2D eigenvalue weighted by Crippen LogP contribution is 2.31. The van der Waals surface area contributed by atoms with Crippen LogP contribution in [0.2, 0.25) is 0 Å². The summed E-state index contributed by atoms with van der Waals surface area (Å²) < 4.78 is 1.94. The number of amides is 2. The molecular formula is C19H24N6O2S. The second-order valence-electron chi connectivity index (χ2n) is 7.36. The molecule has 9 heteroatoms. The van der Waals surface area contributed by atoms with Crippen molar-refractivity contribution in [2.45, 2.75) is 30.5 Å². The third kappa shape index (κ3) is 3.63. The Balaban J connectivity index is 1.30. The number of carbonyl (C=O) groups is 2. The normalized spacial score (nSPS) is 21.9. The van der Waals surface area contributed by atoms with Crippen molar-refractivity contribution in [1.29, 1.82) is 0 Å². The molecule has 2 saturated heterocycles. The molecule has 4 heterocycles. The van der Waals surface area contributed by atoms with E-state index >= 15 is 0 Å². The van der Waals surface area contributed by atoms with Crippen molar-refractivity contribution >= 4 is 23.6 Å². The van der Waals surface area contributed by atoms with Gasteiger partial charge in [0, 0.05) is 63.7 Å². The molecular weight excluding hydrogens is 376 g/mol. The lowest BCUT2D eigenvalue weighted by molar-refractivity contribution is -0.134. The van der Waals surface area contributed by atoms with Crippen LogP contribution < -0.4 is 0 Å². The fourth-order valence-electron chi connectivity index (χ4n) is 4.02. The quantitative estimate of drug-likeness (QED) is 0.706. The van der Waals surface area contributed by atoms with Gasteiger partial charge in [-0.05, 0) is 24.5 Å². The van der Waals surface area contributed by atoms with Gasteiger partial charge in [-0.25, -0.2) is 0 Å². The van der Waals surface area contributed by atoms with Gasteiger partial charge in [0.05, 0.1) is 6.04 Å². The van der Waals surface area contributed by atoms with Crippen molar-refractivity contribution in [2.24, 2.45) is 13.0 Å². The van der Waals surface area contributed by atoms with Crippen molar-refractivity contribution in [1.82, 2.24) is 29.5 Å². The maximum Gasteiger partial charge on any atom is 0.223 e. The highest BCUT2D eigenvalue weighted by Gasteiger charge is 2.41. The van der Waals surface area contributed by atoms with Gasteiger partial charge in [0.1, 0.15) is 0 Å². The monoisotopic (exact) mass is 400 g/mol. The zero-order chi connectivity index (χ0) is 19.7. The predicted octanol–water partition coefficient (Wildman–Crippen LogP) is 1.44. The third-order valence-corrected chi connectivity index (χ3v) is 6.74. The Hall–Kier alpha value is -2.42. The maximum absolute atomic E-state index is 12.6. The Kier molecular flexibility index (Phi) is 5.34. The Bertz CT molecular complexity index is 871. The van der Waals surface area contributed by atoms with E-state index in [4.69, 9.17) is 0 Å². The SMILES string of the molecule is CN1C(=O)C[C@H]2CCN(C(=O)CCSc3nnc(-c4ccncc4)n3C)C[C@H]21. The topological polar surface area (TPSA) is 84.2 Å². The molecule has 0 spiro atoms. The van der Waals surface area contributed by atoms with Gasteiger partial charge < -0.3 is 14.4 Å². The first-order valence-electron chi connectivity index (χ1n) is 9.50. The molecule has 0 aliphatic carbocycles. The number of likely N-dealkylation sites (N-methyl/N-ethyl adjacent to an activating group) is 1. The van der Waals surface area contributed by atoms with Crippen molar-refractivity contribution in [3.8, 4) is 11.4 Å². The molecule has 2 aliphatic heterocycles. The van der Waals surface area contributed by atoms with Crippen LogP contribution in [0, 0.1) is 5.92 Å². The Labute approximate surface area is 168 Å². The van der Waals surface area contributed by atoms with Crippen molar-refractivity contribution in [3.05, 3.63) is 24.5 Å². The number of pyridine rings is 1. The molecule has 0 unspecified atom stereocenters. The van der Waals surface area contributed by atoms with E-state index in [0.29, 0.717) is 31.1 Å². The molecule has 0 N–H and O–H groups in total. The lowest BCUT2D eigenvalue weighted by Crippen LogP contribution is -2.49. The maximum atomic E-state index is 12.6. The summed E-state index contributed by atoms with van der Waals surface area (Å²) in [7, 11) is 3.78. The number of nitrogens with zero attached hydrogens (tertiary/aromatic N) is 6. The molecule has 148 valence electrons. The molecule has 0 bridgehead atoms. The standard InChI is InChI=1S/C19H24N6O2S/c1-23-15-12-25(9-5-14(15)11-17(23)27)16(26)6-10-28-19-22-21-18(24(19)2)13-3-7-20-8-4-13/h3-4,7-8,14-15H,5-6,9-12H2,1-2H3/t14-,15-/m1/s1. The van der Waals surface area contributed by atoms with E-state index in [2.05, 4.69) is 15.2 Å². The van der Waals surface area contributed by atoms with E-state index in [1.54, 1.807) is 12.4 Å². The van der Waals surface area contributed by atoms with Gasteiger partial charge in [-0.2, -0.15) is 0 Å². The van der Waals surface area contributed by atoms with Gasteiger partial charge in [0.25, 0.3) is 0 Å². The van der Waals surface area contributed by atoms with Crippen molar-refractivity contribution in [3.63, 3.8) is 0 Å². The van der Waals surface area contributed by atoms with Crippen LogP contribution in [-0.2, 0) is 16.6 Å². The lowest BCUT2D eigenvalue weighted by Gasteiger charge is -2.37. The average molecular weight is 401 g/mol. The van der Waals surface area contributed by atoms with Crippen molar-refractivity contribution in [2.75, 3.05) is 25.9 Å². The van der Waals surface area contributed by atoms with Gasteiger partial charge in [0.15, 0.2) is 11.0 Å². The fraction of sp³-hybridized carbons (Fsp3) is 0.526. The van der Waals surface area contributed by atoms with Crippen LogP contribution in [0.15, 0.2) is 29.7 Å². The minimum absolute atomic E-state index is 0.148. The molecule has 2 aromatic heterocycles. The average Bonchev–Trinajstić information content (AvgIpc) is 3.22. The van der Waals surface area contributed by atoms with E-state index in [1.165, 1.54) is 11.8 Å². The summed E-state index contributed by atoms with van der Waals surface area (Å²) in [4.78, 5) is 32.3. The highest BCUT2D eigenvalue weighted by molar-refractivity contribution is 7.99. The Morgan fingerprint density at radius 1 is 1.25 bits per heavy atom. The molecule has 0 aromatic carbocycles. The summed E-state index contributed by atoms with van der Waals surface area (Å²) in [5, 5.41) is 9.30. The molecule has 2 amide bonds. The van der Waals surface area contributed by atoms with E-state index in [0.717, 1.165) is 29.5 Å². The first kappa shape index (κ1) is 18.9. The third-order valence-electron chi connectivity index (χ3n) is 5.72. The second-order valence-corrected chi connectivity index (χ2v) is 8.43. The molecule has 28 heavy (non-hydrogen) atoms. The van der Waals surface area contributed by atoms with E-state index in [-0.39, 0.29) is 17.9 Å². The molecule has 2 atom stereocenters. The summed E-state index contributed by atoms with van der Waals surface area (Å²) in [6.45, 7) is 1.41. The molecule has 2 aliphatic rings. The zero-order valence-electron chi connectivity index (χ0n) is 16.1. The van der Waals surface area contributed by atoms with Gasteiger partial charge in [-0.15, -0.1) is 10.2 Å². The second kappa shape index (κ2) is 7.90. The number of fused-ring (bicyclic) bond motifs is 1. The molecule has 0 radical (unpaired) electrons. The number of carbonyl (C=O) groups excluding carboxylic acids is 2.